The van der Waals surface area contributed by atoms with Crippen molar-refractivity contribution in [2.24, 2.45) is 0 Å². The first-order valence-corrected chi connectivity index (χ1v) is 3.51. The second kappa shape index (κ2) is 4.95. The van der Waals surface area contributed by atoms with E-state index in [1.54, 1.807) is 0 Å². The highest BCUT2D eigenvalue weighted by Gasteiger charge is 2.31. The molecule has 0 atom stereocenters. The fourth-order valence-electron chi connectivity index (χ4n) is 0.324. The van der Waals surface area contributed by atoms with Gasteiger partial charge in [-0.05, 0) is 0 Å². The van der Waals surface area contributed by atoms with Gasteiger partial charge in [-0.25, -0.2) is 9.59 Å². The summed E-state index contributed by atoms with van der Waals surface area (Å²) in [6, 6.07) is 0. The summed E-state index contributed by atoms with van der Waals surface area (Å²) < 4.78 is 41.8. The summed E-state index contributed by atoms with van der Waals surface area (Å²) in [6.07, 6.45) is -4.66. The van der Waals surface area contributed by atoms with E-state index in [1.807, 2.05) is 0 Å². The van der Waals surface area contributed by atoms with Crippen molar-refractivity contribution in [3.8, 4) is 0 Å². The smallest absolute Gasteiger partial charge is 0.422 e. The van der Waals surface area contributed by atoms with E-state index < -0.39 is 30.7 Å². The Labute approximate surface area is 76.4 Å². The predicted octanol–water partition coefficient (Wildman–Crippen LogP) is 0.522. The number of thiol groups is 1. The minimum absolute atomic E-state index is 0.403. The number of ether oxygens (including phenoxy) is 2. The maximum atomic E-state index is 11.4. The molecule has 0 fully saturated rings. The third-order valence-corrected chi connectivity index (χ3v) is 0.858. The Kier molecular flexibility index (Phi) is 4.60. The standard InChI is InChI=1S/C5H5F3O4S/c6-5(7,8)1-11-3(9)4(10)12-2-13/h13H,1-2H2. The van der Waals surface area contributed by atoms with Gasteiger partial charge in [-0.3, -0.25) is 0 Å². The number of carbonyl (C=O) groups excluding carboxylic acids is 2. The number of esters is 2. The van der Waals surface area contributed by atoms with Crippen LogP contribution in [0.1, 0.15) is 0 Å². The molecule has 0 unspecified atom stereocenters. The Balaban J connectivity index is 3.82. The molecule has 0 aromatic rings. The predicted molar refractivity (Wildman–Crippen MR) is 37.0 cm³/mol. The van der Waals surface area contributed by atoms with Crippen molar-refractivity contribution < 1.29 is 32.2 Å². The first-order valence-electron chi connectivity index (χ1n) is 2.88. The van der Waals surface area contributed by atoms with Gasteiger partial charge in [0.2, 0.25) is 0 Å². The zero-order chi connectivity index (χ0) is 10.5. The Morgan fingerprint density at radius 3 is 2.00 bits per heavy atom. The van der Waals surface area contributed by atoms with E-state index >= 15 is 0 Å². The van der Waals surface area contributed by atoms with Gasteiger partial charge in [0, 0.05) is 0 Å². The summed E-state index contributed by atoms with van der Waals surface area (Å²) in [5.74, 6) is -3.59. The number of alkyl halides is 3. The van der Waals surface area contributed by atoms with Crippen molar-refractivity contribution in [2.45, 2.75) is 6.18 Å². The second-order valence-electron chi connectivity index (χ2n) is 1.75. The van der Waals surface area contributed by atoms with Gasteiger partial charge in [0.25, 0.3) is 0 Å². The largest absolute Gasteiger partial charge is 0.448 e. The van der Waals surface area contributed by atoms with E-state index in [-0.39, 0.29) is 0 Å². The van der Waals surface area contributed by atoms with Crippen LogP contribution in [-0.2, 0) is 19.1 Å². The van der Waals surface area contributed by atoms with Gasteiger partial charge in [0.1, 0.15) is 5.94 Å². The topological polar surface area (TPSA) is 52.6 Å². The Hall–Kier alpha value is -0.920. The fourth-order valence-corrected chi connectivity index (χ4v) is 0.441. The molecule has 0 aliphatic heterocycles. The van der Waals surface area contributed by atoms with Crippen LogP contribution in [0.25, 0.3) is 0 Å². The van der Waals surface area contributed by atoms with Crippen LogP contribution in [0.2, 0.25) is 0 Å². The lowest BCUT2D eigenvalue weighted by Gasteiger charge is -2.06. The van der Waals surface area contributed by atoms with Crippen LogP contribution >= 0.6 is 12.6 Å². The molecule has 0 aliphatic rings. The minimum Gasteiger partial charge on any atom is -0.448 e. The van der Waals surface area contributed by atoms with Crippen molar-refractivity contribution in [3.05, 3.63) is 0 Å². The van der Waals surface area contributed by atoms with E-state index in [1.165, 1.54) is 0 Å². The number of hydrogen-bond donors (Lipinski definition) is 1. The van der Waals surface area contributed by atoms with E-state index in [9.17, 15) is 22.8 Å². The highest BCUT2D eigenvalue weighted by atomic mass is 32.1. The van der Waals surface area contributed by atoms with Crippen molar-refractivity contribution in [3.63, 3.8) is 0 Å². The molecule has 0 aromatic heterocycles. The molecule has 0 heterocycles. The van der Waals surface area contributed by atoms with Crippen LogP contribution < -0.4 is 0 Å². The van der Waals surface area contributed by atoms with Crippen molar-refractivity contribution in [2.75, 3.05) is 12.5 Å². The maximum absolute atomic E-state index is 11.4. The van der Waals surface area contributed by atoms with Gasteiger partial charge >= 0.3 is 18.1 Å². The molecule has 4 nitrogen and oxygen atoms in total. The summed E-state index contributed by atoms with van der Waals surface area (Å²) >= 11 is 3.41. The number of halogens is 3. The quantitative estimate of drug-likeness (QED) is 0.318. The van der Waals surface area contributed by atoms with Crippen molar-refractivity contribution in [1.29, 1.82) is 0 Å². The van der Waals surface area contributed by atoms with Crippen LogP contribution in [0.3, 0.4) is 0 Å². The lowest BCUT2D eigenvalue weighted by Crippen LogP contribution is -2.26. The van der Waals surface area contributed by atoms with Gasteiger partial charge in [-0.1, -0.05) is 0 Å². The second-order valence-corrected chi connectivity index (χ2v) is 2.01. The van der Waals surface area contributed by atoms with Gasteiger partial charge in [-0.2, -0.15) is 13.2 Å². The Morgan fingerprint density at radius 2 is 1.62 bits per heavy atom. The minimum atomic E-state index is -4.66. The lowest BCUT2D eigenvalue weighted by atomic mass is 10.6. The Bertz CT molecular complexity index is 202. The molecule has 8 heteroatoms. The van der Waals surface area contributed by atoms with Crippen molar-refractivity contribution in [1.82, 2.24) is 0 Å². The molecule has 0 aromatic carbocycles. The molecule has 76 valence electrons. The monoisotopic (exact) mass is 218 g/mol. The van der Waals surface area contributed by atoms with E-state index in [0.717, 1.165) is 0 Å². The molecule has 0 rings (SSSR count). The average Bonchev–Trinajstić information content (AvgIpc) is 1.99. The highest BCUT2D eigenvalue weighted by Crippen LogP contribution is 2.14. The fraction of sp³-hybridized carbons (Fsp3) is 0.600. The number of carbonyl (C=O) groups is 2. The molecule has 0 spiro atoms. The van der Waals surface area contributed by atoms with Crippen LogP contribution in [0.4, 0.5) is 13.2 Å². The van der Waals surface area contributed by atoms with Gasteiger partial charge in [0.15, 0.2) is 6.61 Å². The van der Waals surface area contributed by atoms with E-state index in [2.05, 4.69) is 22.1 Å². The summed E-state index contributed by atoms with van der Waals surface area (Å²) in [7, 11) is 0. The van der Waals surface area contributed by atoms with Gasteiger partial charge in [-0.15, -0.1) is 12.6 Å². The first kappa shape index (κ1) is 12.1. The van der Waals surface area contributed by atoms with Crippen LogP contribution in [0.15, 0.2) is 0 Å². The normalized spacial score (nSPS) is 10.8. The molecule has 0 saturated carbocycles. The Morgan fingerprint density at radius 1 is 1.15 bits per heavy atom. The molecular weight excluding hydrogens is 213 g/mol. The van der Waals surface area contributed by atoms with Crippen molar-refractivity contribution >= 4 is 24.6 Å². The van der Waals surface area contributed by atoms with E-state index in [0.29, 0.717) is 0 Å². The summed E-state index contributed by atoms with van der Waals surface area (Å²) in [5.41, 5.74) is 0. The van der Waals surface area contributed by atoms with Crippen LogP contribution in [0.5, 0.6) is 0 Å². The zero-order valence-corrected chi connectivity index (χ0v) is 7.02. The summed E-state index contributed by atoms with van der Waals surface area (Å²) in [5, 5.41) is 0. The number of rotatable bonds is 2. The van der Waals surface area contributed by atoms with Crippen LogP contribution in [-0.4, -0.2) is 30.7 Å². The third kappa shape index (κ3) is 6.26. The molecule has 0 radical (unpaired) electrons. The third-order valence-electron chi connectivity index (χ3n) is 0.729. The molecule has 0 N–H and O–H groups in total. The maximum Gasteiger partial charge on any atom is 0.422 e. The van der Waals surface area contributed by atoms with Gasteiger partial charge in [0.05, 0.1) is 0 Å². The lowest BCUT2D eigenvalue weighted by molar-refractivity contribution is -0.191. The summed E-state index contributed by atoms with van der Waals surface area (Å²) in [6.45, 7) is -1.81. The first-order chi connectivity index (χ1) is 5.87. The molecule has 0 amide bonds. The molecule has 0 saturated heterocycles. The van der Waals surface area contributed by atoms with Crippen LogP contribution in [0, 0.1) is 0 Å². The average molecular weight is 218 g/mol. The molecule has 0 bridgehead atoms. The molecule has 13 heavy (non-hydrogen) atoms. The molecular formula is C5H5F3O4S. The highest BCUT2D eigenvalue weighted by molar-refractivity contribution is 7.80. The SMILES string of the molecule is O=C(OCS)C(=O)OCC(F)(F)F. The van der Waals surface area contributed by atoms with Gasteiger partial charge < -0.3 is 9.47 Å². The zero-order valence-electron chi connectivity index (χ0n) is 6.13. The van der Waals surface area contributed by atoms with E-state index in [4.69, 9.17) is 0 Å². The summed E-state index contributed by atoms with van der Waals surface area (Å²) in [4.78, 5) is 20.7. The number of hydrogen-bond acceptors (Lipinski definition) is 5. The molecule has 0 aliphatic carbocycles.